The maximum atomic E-state index is 12.3. The van der Waals surface area contributed by atoms with Gasteiger partial charge in [-0.2, -0.15) is 0 Å². The van der Waals surface area contributed by atoms with E-state index in [0.717, 1.165) is 23.3 Å². The van der Waals surface area contributed by atoms with E-state index in [1.54, 1.807) is 13.3 Å². The Morgan fingerprint density at radius 2 is 1.82 bits per heavy atom. The monoisotopic (exact) mass is 457 g/mol. The van der Waals surface area contributed by atoms with Crippen molar-refractivity contribution in [1.82, 2.24) is 4.98 Å². The third kappa shape index (κ3) is 4.52. The number of esters is 1. The molecule has 5 nitrogen and oxygen atoms in total. The highest BCUT2D eigenvalue weighted by molar-refractivity contribution is 5.73. The van der Waals surface area contributed by atoms with Gasteiger partial charge in [-0.1, -0.05) is 43.3 Å². The highest BCUT2D eigenvalue weighted by atomic mass is 16.5. The van der Waals surface area contributed by atoms with Gasteiger partial charge in [0.15, 0.2) is 0 Å². The molecule has 2 aliphatic rings. The van der Waals surface area contributed by atoms with E-state index in [0.29, 0.717) is 24.3 Å². The van der Waals surface area contributed by atoms with Crippen LogP contribution in [0.2, 0.25) is 0 Å². The zero-order chi connectivity index (χ0) is 23.7. The maximum absolute atomic E-state index is 12.3. The second-order valence-electron chi connectivity index (χ2n) is 9.46. The maximum Gasteiger partial charge on any atom is 0.309 e. The molecular weight excluding hydrogens is 426 g/mol. The minimum absolute atomic E-state index is 0.129. The summed E-state index contributed by atoms with van der Waals surface area (Å²) in [7, 11) is 3.11. The molecule has 2 heterocycles. The first kappa shape index (κ1) is 22.5. The Kier molecular flexibility index (Phi) is 6.27. The Hall–Kier alpha value is -3.34. The van der Waals surface area contributed by atoms with Crippen LogP contribution in [0.15, 0.2) is 60.8 Å². The van der Waals surface area contributed by atoms with Crippen LogP contribution in [0.5, 0.6) is 11.6 Å². The second kappa shape index (κ2) is 9.49. The summed E-state index contributed by atoms with van der Waals surface area (Å²) in [4.78, 5) is 16.5. The fourth-order valence-corrected chi connectivity index (χ4v) is 5.24. The van der Waals surface area contributed by atoms with Crippen molar-refractivity contribution in [3.63, 3.8) is 0 Å². The lowest BCUT2D eigenvalue weighted by molar-refractivity contribution is -0.145. The van der Waals surface area contributed by atoms with Crippen molar-refractivity contribution in [1.29, 1.82) is 0 Å². The predicted octanol–water partition coefficient (Wildman–Crippen LogP) is 5.78. The Morgan fingerprint density at radius 1 is 1.03 bits per heavy atom. The fourth-order valence-electron chi connectivity index (χ4n) is 5.24. The van der Waals surface area contributed by atoms with Gasteiger partial charge in [-0.3, -0.25) is 4.79 Å². The van der Waals surface area contributed by atoms with Gasteiger partial charge in [0, 0.05) is 18.2 Å². The van der Waals surface area contributed by atoms with Crippen molar-refractivity contribution in [2.75, 3.05) is 20.8 Å². The summed E-state index contributed by atoms with van der Waals surface area (Å²) in [6, 6.07) is 19.1. The number of carbonyl (C=O) groups is 1. The number of methoxy groups -OCH3 is 2. The zero-order valence-corrected chi connectivity index (χ0v) is 20.0. The third-order valence-electron chi connectivity index (χ3n) is 7.28. The van der Waals surface area contributed by atoms with Crippen molar-refractivity contribution >= 4 is 5.97 Å². The third-order valence-corrected chi connectivity index (χ3v) is 7.28. The first-order valence-electron chi connectivity index (χ1n) is 12.0. The number of hydrogen-bond acceptors (Lipinski definition) is 5. The Balaban J connectivity index is 1.36. The molecule has 5 rings (SSSR count). The highest BCUT2D eigenvalue weighted by Gasteiger charge is 2.39. The number of aromatic nitrogens is 1. The molecule has 0 bridgehead atoms. The number of hydrogen-bond donors (Lipinski definition) is 0. The van der Waals surface area contributed by atoms with Crippen LogP contribution in [0.3, 0.4) is 0 Å². The predicted molar refractivity (Wildman–Crippen MR) is 131 cm³/mol. The Labute approximate surface area is 201 Å². The van der Waals surface area contributed by atoms with Crippen molar-refractivity contribution in [3.8, 4) is 22.8 Å². The van der Waals surface area contributed by atoms with Crippen LogP contribution in [0, 0.1) is 11.8 Å². The Bertz CT molecular complexity index is 1170. The summed E-state index contributed by atoms with van der Waals surface area (Å²) in [6.07, 6.45) is 5.05. The molecule has 5 heteroatoms. The molecule has 0 amide bonds. The standard InChI is InChI=1S/C29H31NO4/c1-18(29(31)33-3)28(21-8-9-21)23-10-11-26-24(14-23)15-25(17-34-26)20-6-4-19(5-7-20)22-12-13-30-27(16-22)32-2/h4-7,10-14,16,18,21,25,28H,8-9,15,17H2,1-3H3/t18-,25?,28-/m0/s1. The van der Waals surface area contributed by atoms with Crippen LogP contribution in [0.25, 0.3) is 11.1 Å². The van der Waals surface area contributed by atoms with Crippen LogP contribution in [0.1, 0.15) is 48.3 Å². The molecule has 2 aromatic carbocycles. The molecule has 1 aromatic heterocycles. The molecule has 0 spiro atoms. The number of pyridine rings is 1. The van der Waals surface area contributed by atoms with E-state index in [1.165, 1.54) is 36.6 Å². The number of fused-ring (bicyclic) bond motifs is 1. The van der Waals surface area contributed by atoms with Gasteiger partial charge in [0.2, 0.25) is 5.88 Å². The van der Waals surface area contributed by atoms with Crippen LogP contribution in [-0.2, 0) is 16.0 Å². The second-order valence-corrected chi connectivity index (χ2v) is 9.46. The summed E-state index contributed by atoms with van der Waals surface area (Å²) in [5.74, 6) is 2.36. The van der Waals surface area contributed by atoms with Gasteiger partial charge in [0.25, 0.3) is 0 Å². The van der Waals surface area contributed by atoms with E-state index >= 15 is 0 Å². The van der Waals surface area contributed by atoms with E-state index in [1.807, 2.05) is 19.1 Å². The van der Waals surface area contributed by atoms with E-state index in [2.05, 4.69) is 47.4 Å². The van der Waals surface area contributed by atoms with Gasteiger partial charge >= 0.3 is 5.97 Å². The quantitative estimate of drug-likeness (QED) is 0.421. The van der Waals surface area contributed by atoms with Crippen molar-refractivity contribution in [2.24, 2.45) is 11.8 Å². The first-order chi connectivity index (χ1) is 16.6. The van der Waals surface area contributed by atoms with Gasteiger partial charge < -0.3 is 14.2 Å². The number of rotatable bonds is 7. The Morgan fingerprint density at radius 3 is 2.53 bits per heavy atom. The zero-order valence-electron chi connectivity index (χ0n) is 20.0. The van der Waals surface area contributed by atoms with Gasteiger partial charge in [-0.15, -0.1) is 0 Å². The van der Waals surface area contributed by atoms with Crippen molar-refractivity contribution in [3.05, 3.63) is 77.5 Å². The minimum Gasteiger partial charge on any atom is -0.493 e. The molecule has 1 unspecified atom stereocenters. The molecule has 176 valence electrons. The summed E-state index contributed by atoms with van der Waals surface area (Å²) in [5, 5.41) is 0. The normalized spacial score (nSPS) is 18.9. The van der Waals surface area contributed by atoms with E-state index in [9.17, 15) is 4.79 Å². The number of nitrogens with zero attached hydrogens (tertiary/aromatic N) is 1. The molecular formula is C29H31NO4. The van der Waals surface area contributed by atoms with Crippen LogP contribution in [-0.4, -0.2) is 31.8 Å². The number of benzene rings is 2. The van der Waals surface area contributed by atoms with Gasteiger partial charge in [-0.05, 0) is 71.0 Å². The van der Waals surface area contributed by atoms with Gasteiger partial charge in [0.1, 0.15) is 5.75 Å². The summed E-state index contributed by atoms with van der Waals surface area (Å²) in [6.45, 7) is 2.66. The molecule has 34 heavy (non-hydrogen) atoms. The molecule has 0 radical (unpaired) electrons. The van der Waals surface area contributed by atoms with Crippen molar-refractivity contribution in [2.45, 2.75) is 38.0 Å². The minimum atomic E-state index is -0.143. The molecule has 1 saturated carbocycles. The smallest absolute Gasteiger partial charge is 0.309 e. The van der Waals surface area contributed by atoms with E-state index < -0.39 is 0 Å². The SMILES string of the molecule is COC(=O)[C@@H](C)[C@H](c1ccc2c(c1)CC(c1ccc(-c3ccnc(OC)c3)cc1)CO2)C1CC1. The summed E-state index contributed by atoms with van der Waals surface area (Å²) < 4.78 is 16.5. The van der Waals surface area contributed by atoms with Gasteiger partial charge in [0.05, 0.1) is 26.7 Å². The molecule has 1 aliphatic heterocycles. The molecule has 3 atom stereocenters. The number of ether oxygens (including phenoxy) is 3. The molecule has 1 fully saturated rings. The summed E-state index contributed by atoms with van der Waals surface area (Å²) >= 11 is 0. The lowest BCUT2D eigenvalue weighted by atomic mass is 9.81. The molecule has 0 saturated heterocycles. The van der Waals surface area contributed by atoms with Crippen molar-refractivity contribution < 1.29 is 19.0 Å². The average Bonchev–Trinajstić information content (AvgIpc) is 3.73. The topological polar surface area (TPSA) is 57.7 Å². The number of carbonyl (C=O) groups excluding carboxylic acids is 1. The molecule has 0 N–H and O–H groups in total. The van der Waals surface area contributed by atoms with E-state index in [-0.39, 0.29) is 17.8 Å². The van der Waals surface area contributed by atoms with Crippen LogP contribution in [0.4, 0.5) is 0 Å². The lowest BCUT2D eigenvalue weighted by Crippen LogP contribution is -2.23. The molecule has 3 aromatic rings. The fraction of sp³-hybridized carbons (Fsp3) is 0.379. The largest absolute Gasteiger partial charge is 0.493 e. The van der Waals surface area contributed by atoms with Crippen LogP contribution >= 0.6 is 0 Å². The lowest BCUT2D eigenvalue weighted by Gasteiger charge is -2.28. The average molecular weight is 458 g/mol. The summed E-state index contributed by atoms with van der Waals surface area (Å²) in [5.41, 5.74) is 5.93. The van der Waals surface area contributed by atoms with Gasteiger partial charge in [-0.25, -0.2) is 4.98 Å². The van der Waals surface area contributed by atoms with Crippen LogP contribution < -0.4 is 9.47 Å². The van der Waals surface area contributed by atoms with E-state index in [4.69, 9.17) is 14.2 Å². The highest BCUT2D eigenvalue weighted by Crippen LogP contribution is 2.48. The molecule has 1 aliphatic carbocycles. The first-order valence-corrected chi connectivity index (χ1v) is 12.0.